The van der Waals surface area contributed by atoms with Gasteiger partial charge in [0.15, 0.2) is 0 Å². The SMILES string of the molecule is CNCc1ccc(-c2cccc3ccsc23)c(F)c1. The van der Waals surface area contributed by atoms with Crippen molar-refractivity contribution >= 4 is 21.4 Å². The van der Waals surface area contributed by atoms with E-state index in [2.05, 4.69) is 17.4 Å². The Bertz CT molecular complexity index is 718. The first kappa shape index (κ1) is 12.3. The van der Waals surface area contributed by atoms with E-state index in [1.54, 1.807) is 17.4 Å². The Kier molecular flexibility index (Phi) is 3.32. The minimum Gasteiger partial charge on any atom is -0.316 e. The second-order valence-corrected chi connectivity index (χ2v) is 5.41. The minimum atomic E-state index is -0.159. The molecule has 0 amide bonds. The second-order valence-electron chi connectivity index (χ2n) is 4.49. The quantitative estimate of drug-likeness (QED) is 0.743. The summed E-state index contributed by atoms with van der Waals surface area (Å²) in [6.07, 6.45) is 0. The standard InChI is InChI=1S/C16H14FNS/c1-18-10-11-5-6-13(15(17)9-11)14-4-2-3-12-7-8-19-16(12)14/h2-9,18H,10H2,1H3. The van der Waals surface area contributed by atoms with Crippen molar-refractivity contribution in [3.8, 4) is 11.1 Å². The third-order valence-electron chi connectivity index (χ3n) is 3.18. The zero-order chi connectivity index (χ0) is 13.2. The molecule has 0 radical (unpaired) electrons. The summed E-state index contributed by atoms with van der Waals surface area (Å²) >= 11 is 1.65. The molecule has 0 bridgehead atoms. The molecule has 1 aromatic heterocycles. The molecule has 0 saturated carbocycles. The third-order valence-corrected chi connectivity index (χ3v) is 4.15. The van der Waals surface area contributed by atoms with Gasteiger partial charge in [-0.25, -0.2) is 4.39 Å². The molecule has 0 aliphatic rings. The van der Waals surface area contributed by atoms with Gasteiger partial charge in [0.2, 0.25) is 0 Å². The lowest BCUT2D eigenvalue weighted by molar-refractivity contribution is 0.627. The number of hydrogen-bond acceptors (Lipinski definition) is 2. The number of benzene rings is 2. The Labute approximate surface area is 115 Å². The monoisotopic (exact) mass is 271 g/mol. The highest BCUT2D eigenvalue weighted by molar-refractivity contribution is 7.17. The van der Waals surface area contributed by atoms with Gasteiger partial charge in [-0.15, -0.1) is 11.3 Å². The molecular weight excluding hydrogens is 257 g/mol. The van der Waals surface area contributed by atoms with Crippen LogP contribution in [0.2, 0.25) is 0 Å². The van der Waals surface area contributed by atoms with E-state index >= 15 is 0 Å². The molecule has 2 aromatic carbocycles. The smallest absolute Gasteiger partial charge is 0.131 e. The van der Waals surface area contributed by atoms with Crippen molar-refractivity contribution in [1.82, 2.24) is 5.32 Å². The molecule has 0 unspecified atom stereocenters. The molecule has 3 rings (SSSR count). The van der Waals surface area contributed by atoms with Crippen molar-refractivity contribution in [1.29, 1.82) is 0 Å². The Hall–Kier alpha value is -1.71. The first-order valence-corrected chi connectivity index (χ1v) is 7.07. The number of fused-ring (bicyclic) bond motifs is 1. The van der Waals surface area contributed by atoms with Crippen LogP contribution in [0.5, 0.6) is 0 Å². The highest BCUT2D eigenvalue weighted by Gasteiger charge is 2.10. The molecule has 1 N–H and O–H groups in total. The molecule has 0 fully saturated rings. The molecule has 1 nitrogen and oxygen atoms in total. The highest BCUT2D eigenvalue weighted by atomic mass is 32.1. The predicted octanol–water partition coefficient (Wildman–Crippen LogP) is 4.43. The molecule has 0 spiro atoms. The molecule has 3 aromatic rings. The maximum absolute atomic E-state index is 14.3. The predicted molar refractivity (Wildman–Crippen MR) is 80.0 cm³/mol. The number of nitrogens with one attached hydrogen (secondary N) is 1. The van der Waals surface area contributed by atoms with Crippen LogP contribution in [0, 0.1) is 5.82 Å². The first-order chi connectivity index (χ1) is 9.29. The normalized spacial score (nSPS) is 11.1. The Morgan fingerprint density at radius 3 is 2.79 bits per heavy atom. The van der Waals surface area contributed by atoms with Crippen LogP contribution < -0.4 is 5.32 Å². The van der Waals surface area contributed by atoms with E-state index in [1.807, 2.05) is 36.7 Å². The Balaban J connectivity index is 2.13. The van der Waals surface area contributed by atoms with Gasteiger partial charge in [0, 0.05) is 22.4 Å². The van der Waals surface area contributed by atoms with Crippen LogP contribution >= 0.6 is 11.3 Å². The largest absolute Gasteiger partial charge is 0.316 e. The highest BCUT2D eigenvalue weighted by Crippen LogP contribution is 2.34. The number of thiophene rings is 1. The summed E-state index contributed by atoms with van der Waals surface area (Å²) in [6.45, 7) is 0.681. The topological polar surface area (TPSA) is 12.0 Å². The number of rotatable bonds is 3. The zero-order valence-corrected chi connectivity index (χ0v) is 11.4. The summed E-state index contributed by atoms with van der Waals surface area (Å²) in [5.74, 6) is -0.159. The van der Waals surface area contributed by atoms with Crippen LogP contribution in [0.4, 0.5) is 4.39 Å². The summed E-state index contributed by atoms with van der Waals surface area (Å²) in [4.78, 5) is 0. The summed E-state index contributed by atoms with van der Waals surface area (Å²) in [7, 11) is 1.86. The fourth-order valence-electron chi connectivity index (χ4n) is 2.30. The van der Waals surface area contributed by atoms with Gasteiger partial charge in [0.25, 0.3) is 0 Å². The van der Waals surface area contributed by atoms with Crippen molar-refractivity contribution in [3.63, 3.8) is 0 Å². The summed E-state index contributed by atoms with van der Waals surface area (Å²) in [6, 6.07) is 13.5. The molecule has 0 saturated heterocycles. The van der Waals surface area contributed by atoms with Gasteiger partial charge in [0.05, 0.1) is 0 Å². The van der Waals surface area contributed by atoms with Crippen LogP contribution in [0.3, 0.4) is 0 Å². The van der Waals surface area contributed by atoms with E-state index in [0.717, 1.165) is 15.8 Å². The van der Waals surface area contributed by atoms with Gasteiger partial charge in [-0.05, 0) is 35.5 Å². The van der Waals surface area contributed by atoms with E-state index in [9.17, 15) is 4.39 Å². The van der Waals surface area contributed by atoms with E-state index in [0.29, 0.717) is 12.1 Å². The van der Waals surface area contributed by atoms with Gasteiger partial charge >= 0.3 is 0 Å². The van der Waals surface area contributed by atoms with Crippen molar-refractivity contribution < 1.29 is 4.39 Å². The molecule has 19 heavy (non-hydrogen) atoms. The second kappa shape index (κ2) is 5.11. The lowest BCUT2D eigenvalue weighted by Crippen LogP contribution is -2.05. The number of halogens is 1. The first-order valence-electron chi connectivity index (χ1n) is 6.19. The Morgan fingerprint density at radius 1 is 1.11 bits per heavy atom. The molecule has 0 aliphatic carbocycles. The van der Waals surface area contributed by atoms with Gasteiger partial charge in [-0.1, -0.05) is 30.3 Å². The molecule has 3 heteroatoms. The van der Waals surface area contributed by atoms with Gasteiger partial charge < -0.3 is 5.32 Å². The van der Waals surface area contributed by atoms with Crippen molar-refractivity contribution in [2.75, 3.05) is 7.05 Å². The number of hydrogen-bond donors (Lipinski definition) is 1. The lowest BCUT2D eigenvalue weighted by Gasteiger charge is -2.07. The van der Waals surface area contributed by atoms with Crippen molar-refractivity contribution in [3.05, 3.63) is 59.2 Å². The van der Waals surface area contributed by atoms with E-state index < -0.39 is 0 Å². The van der Waals surface area contributed by atoms with E-state index in [4.69, 9.17) is 0 Å². The van der Waals surface area contributed by atoms with Crippen LogP contribution in [0.1, 0.15) is 5.56 Å². The third kappa shape index (κ3) is 2.27. The van der Waals surface area contributed by atoms with E-state index in [1.165, 1.54) is 5.39 Å². The van der Waals surface area contributed by atoms with Gasteiger partial charge in [-0.2, -0.15) is 0 Å². The lowest BCUT2D eigenvalue weighted by atomic mass is 10.0. The van der Waals surface area contributed by atoms with Crippen LogP contribution in [0.25, 0.3) is 21.2 Å². The van der Waals surface area contributed by atoms with Crippen molar-refractivity contribution in [2.45, 2.75) is 6.54 Å². The van der Waals surface area contributed by atoms with E-state index in [-0.39, 0.29) is 5.82 Å². The van der Waals surface area contributed by atoms with Gasteiger partial charge in [-0.3, -0.25) is 0 Å². The average molecular weight is 271 g/mol. The van der Waals surface area contributed by atoms with Crippen LogP contribution in [-0.4, -0.2) is 7.05 Å². The summed E-state index contributed by atoms with van der Waals surface area (Å²) in [5, 5.41) is 6.24. The summed E-state index contributed by atoms with van der Waals surface area (Å²) in [5.41, 5.74) is 2.61. The average Bonchev–Trinajstić information content (AvgIpc) is 2.88. The molecular formula is C16H14FNS. The maximum atomic E-state index is 14.3. The molecule has 0 atom stereocenters. The van der Waals surface area contributed by atoms with Gasteiger partial charge in [0.1, 0.15) is 5.82 Å². The molecule has 1 heterocycles. The zero-order valence-electron chi connectivity index (χ0n) is 10.6. The van der Waals surface area contributed by atoms with Crippen LogP contribution in [0.15, 0.2) is 47.8 Å². The fraction of sp³-hybridized carbons (Fsp3) is 0.125. The minimum absolute atomic E-state index is 0.159. The Morgan fingerprint density at radius 2 is 2.00 bits per heavy atom. The molecule has 96 valence electrons. The summed E-state index contributed by atoms with van der Waals surface area (Å²) < 4.78 is 15.4. The fourth-order valence-corrected chi connectivity index (χ4v) is 3.22. The van der Waals surface area contributed by atoms with Crippen molar-refractivity contribution in [2.24, 2.45) is 0 Å². The van der Waals surface area contributed by atoms with Crippen LogP contribution in [-0.2, 0) is 6.54 Å². The molecule has 0 aliphatic heterocycles. The maximum Gasteiger partial charge on any atom is 0.131 e.